The van der Waals surface area contributed by atoms with E-state index in [-0.39, 0.29) is 15.6 Å². The highest BCUT2D eigenvalue weighted by Crippen LogP contribution is 2.34. The van der Waals surface area contributed by atoms with Crippen LogP contribution in [0.5, 0.6) is 0 Å². The van der Waals surface area contributed by atoms with Gasteiger partial charge in [0, 0.05) is 11.1 Å². The lowest BCUT2D eigenvalue weighted by Crippen LogP contribution is -2.01. The summed E-state index contributed by atoms with van der Waals surface area (Å²) >= 11 is 8.93. The van der Waals surface area contributed by atoms with Crippen molar-refractivity contribution in [1.82, 2.24) is 0 Å². The Bertz CT molecular complexity index is 628. The van der Waals surface area contributed by atoms with E-state index in [2.05, 4.69) is 15.9 Å². The molecule has 5 heteroatoms. The lowest BCUT2D eigenvalue weighted by atomic mass is 10.0. The molecule has 0 aromatic heterocycles. The standard InChI is InChI=1S/C14H9BrClF3/c1-7-2-3-8(11(17)4-7)14(16)9-5-13(19)10(15)6-12(9)18/h2-6,14H,1H3. The van der Waals surface area contributed by atoms with Gasteiger partial charge in [0.2, 0.25) is 0 Å². The predicted octanol–water partition coefficient (Wildman–Crippen LogP) is 5.50. The van der Waals surface area contributed by atoms with Gasteiger partial charge in [0.15, 0.2) is 0 Å². The molecule has 2 rings (SSSR count). The van der Waals surface area contributed by atoms with Crippen molar-refractivity contribution >= 4 is 27.5 Å². The van der Waals surface area contributed by atoms with Gasteiger partial charge in [0.05, 0.1) is 9.85 Å². The van der Waals surface area contributed by atoms with Gasteiger partial charge in [-0.15, -0.1) is 11.6 Å². The Morgan fingerprint density at radius 3 is 2.21 bits per heavy atom. The smallest absolute Gasteiger partial charge is 0.137 e. The van der Waals surface area contributed by atoms with Crippen LogP contribution >= 0.6 is 27.5 Å². The largest absolute Gasteiger partial charge is 0.207 e. The van der Waals surface area contributed by atoms with Crippen LogP contribution in [0.1, 0.15) is 22.1 Å². The Balaban J connectivity index is 2.49. The number of rotatable bonds is 2. The van der Waals surface area contributed by atoms with Crippen molar-refractivity contribution in [2.45, 2.75) is 12.3 Å². The average Bonchev–Trinajstić information content (AvgIpc) is 2.33. The summed E-state index contributed by atoms with van der Waals surface area (Å²) in [5.74, 6) is -1.87. The fourth-order valence-corrected chi connectivity index (χ4v) is 2.40. The van der Waals surface area contributed by atoms with Gasteiger partial charge in [-0.05, 0) is 46.6 Å². The summed E-state index contributed by atoms with van der Waals surface area (Å²) in [5.41, 5.74) is 0.755. The molecule has 2 aromatic carbocycles. The first-order valence-electron chi connectivity index (χ1n) is 5.44. The molecule has 100 valence electrons. The highest BCUT2D eigenvalue weighted by atomic mass is 79.9. The lowest BCUT2D eigenvalue weighted by molar-refractivity contribution is 0.576. The summed E-state index contributed by atoms with van der Waals surface area (Å²) < 4.78 is 41.0. The molecular formula is C14H9BrClF3. The van der Waals surface area contributed by atoms with Gasteiger partial charge < -0.3 is 0 Å². The first-order valence-corrected chi connectivity index (χ1v) is 6.67. The predicted molar refractivity (Wildman–Crippen MR) is 72.9 cm³/mol. The Hall–Kier alpha value is -1.00. The maximum Gasteiger partial charge on any atom is 0.137 e. The summed E-state index contributed by atoms with van der Waals surface area (Å²) in [6.45, 7) is 1.73. The Morgan fingerprint density at radius 2 is 1.58 bits per heavy atom. The number of hydrogen-bond acceptors (Lipinski definition) is 0. The minimum Gasteiger partial charge on any atom is -0.207 e. The summed E-state index contributed by atoms with van der Waals surface area (Å²) in [6, 6.07) is 6.39. The van der Waals surface area contributed by atoms with E-state index < -0.39 is 22.8 Å². The van der Waals surface area contributed by atoms with Gasteiger partial charge >= 0.3 is 0 Å². The molecule has 0 amide bonds. The van der Waals surface area contributed by atoms with Crippen LogP contribution in [0.3, 0.4) is 0 Å². The Labute approximate surface area is 122 Å². The highest BCUT2D eigenvalue weighted by Gasteiger charge is 2.20. The van der Waals surface area contributed by atoms with E-state index in [4.69, 9.17) is 11.6 Å². The Kier molecular flexibility index (Phi) is 4.21. The molecule has 0 fully saturated rings. The molecule has 0 saturated heterocycles. The van der Waals surface area contributed by atoms with Gasteiger partial charge in [-0.2, -0.15) is 0 Å². The second-order valence-corrected chi connectivity index (χ2v) is 5.47. The third-order valence-corrected chi connectivity index (χ3v) is 3.82. The van der Waals surface area contributed by atoms with E-state index >= 15 is 0 Å². The highest BCUT2D eigenvalue weighted by molar-refractivity contribution is 9.10. The second-order valence-electron chi connectivity index (χ2n) is 4.18. The number of benzene rings is 2. The van der Waals surface area contributed by atoms with E-state index in [0.29, 0.717) is 0 Å². The van der Waals surface area contributed by atoms with Crippen molar-refractivity contribution in [3.8, 4) is 0 Å². The van der Waals surface area contributed by atoms with Gasteiger partial charge in [-0.3, -0.25) is 0 Å². The SMILES string of the molecule is Cc1ccc(C(Cl)c2cc(F)c(Br)cc2F)c(F)c1. The third-order valence-electron chi connectivity index (χ3n) is 2.74. The summed E-state index contributed by atoms with van der Waals surface area (Å²) in [6.07, 6.45) is 0. The molecule has 0 bridgehead atoms. The summed E-state index contributed by atoms with van der Waals surface area (Å²) in [4.78, 5) is 0. The normalized spacial score (nSPS) is 12.5. The first-order chi connectivity index (χ1) is 8.90. The molecule has 0 aliphatic rings. The number of alkyl halides is 1. The van der Waals surface area contributed by atoms with E-state index in [0.717, 1.165) is 17.7 Å². The van der Waals surface area contributed by atoms with Crippen molar-refractivity contribution in [2.24, 2.45) is 0 Å². The molecule has 1 unspecified atom stereocenters. The topological polar surface area (TPSA) is 0 Å². The monoisotopic (exact) mass is 348 g/mol. The lowest BCUT2D eigenvalue weighted by Gasteiger charge is -2.13. The molecule has 0 aliphatic carbocycles. The minimum atomic E-state index is -1.08. The molecule has 0 spiro atoms. The molecular weight excluding hydrogens is 341 g/mol. The molecule has 19 heavy (non-hydrogen) atoms. The van der Waals surface area contributed by atoms with Crippen LogP contribution in [0.25, 0.3) is 0 Å². The molecule has 0 nitrogen and oxygen atoms in total. The van der Waals surface area contributed by atoms with Gasteiger partial charge in [-0.1, -0.05) is 12.1 Å². The first kappa shape index (κ1) is 14.4. The van der Waals surface area contributed by atoms with Crippen LogP contribution in [0.4, 0.5) is 13.2 Å². The van der Waals surface area contributed by atoms with Crippen molar-refractivity contribution < 1.29 is 13.2 Å². The quantitative estimate of drug-likeness (QED) is 0.496. The van der Waals surface area contributed by atoms with Crippen LogP contribution < -0.4 is 0 Å². The molecule has 1 atom stereocenters. The average molecular weight is 350 g/mol. The molecule has 0 aliphatic heterocycles. The maximum atomic E-state index is 13.8. The van der Waals surface area contributed by atoms with E-state index in [1.54, 1.807) is 13.0 Å². The zero-order chi connectivity index (χ0) is 14.2. The Morgan fingerprint density at radius 1 is 0.947 bits per heavy atom. The van der Waals surface area contributed by atoms with Gasteiger partial charge in [-0.25, -0.2) is 13.2 Å². The molecule has 2 aromatic rings. The minimum absolute atomic E-state index is 0.00185. The number of aryl methyl sites for hydroxylation is 1. The molecule has 0 saturated carbocycles. The van der Waals surface area contributed by atoms with Crippen LogP contribution in [0, 0.1) is 24.4 Å². The van der Waals surface area contributed by atoms with Crippen molar-refractivity contribution in [3.63, 3.8) is 0 Å². The maximum absolute atomic E-state index is 13.8. The van der Waals surface area contributed by atoms with Gasteiger partial charge in [0.1, 0.15) is 17.5 Å². The zero-order valence-corrected chi connectivity index (χ0v) is 12.2. The van der Waals surface area contributed by atoms with Crippen molar-refractivity contribution in [3.05, 3.63) is 68.9 Å². The molecule has 0 N–H and O–H groups in total. The van der Waals surface area contributed by atoms with Crippen LogP contribution in [0.15, 0.2) is 34.8 Å². The number of halogens is 5. The fraction of sp³-hybridized carbons (Fsp3) is 0.143. The van der Waals surface area contributed by atoms with Crippen molar-refractivity contribution in [2.75, 3.05) is 0 Å². The second kappa shape index (κ2) is 5.55. The zero-order valence-electron chi connectivity index (χ0n) is 9.85. The number of hydrogen-bond donors (Lipinski definition) is 0. The van der Waals surface area contributed by atoms with E-state index in [9.17, 15) is 13.2 Å². The van der Waals surface area contributed by atoms with Crippen LogP contribution in [-0.4, -0.2) is 0 Å². The van der Waals surface area contributed by atoms with E-state index in [1.807, 2.05) is 0 Å². The van der Waals surface area contributed by atoms with E-state index in [1.165, 1.54) is 12.1 Å². The third kappa shape index (κ3) is 2.95. The summed E-state index contributed by atoms with van der Waals surface area (Å²) in [5, 5.41) is -1.08. The summed E-state index contributed by atoms with van der Waals surface area (Å²) in [7, 11) is 0. The van der Waals surface area contributed by atoms with Crippen LogP contribution in [-0.2, 0) is 0 Å². The fourth-order valence-electron chi connectivity index (χ4n) is 1.74. The molecule has 0 radical (unpaired) electrons. The van der Waals surface area contributed by atoms with Crippen LogP contribution in [0.2, 0.25) is 0 Å². The van der Waals surface area contributed by atoms with Crippen molar-refractivity contribution in [1.29, 1.82) is 0 Å². The van der Waals surface area contributed by atoms with Gasteiger partial charge in [0.25, 0.3) is 0 Å². The molecule has 0 heterocycles.